The van der Waals surface area contributed by atoms with Crippen molar-refractivity contribution in [2.24, 2.45) is 5.73 Å². The van der Waals surface area contributed by atoms with E-state index in [1.807, 2.05) is 4.90 Å². The van der Waals surface area contributed by atoms with Crippen molar-refractivity contribution in [1.82, 2.24) is 10.2 Å². The fraction of sp³-hybridized carbons (Fsp3) is 0.875. The summed E-state index contributed by atoms with van der Waals surface area (Å²) in [6.45, 7) is 4.63. The van der Waals surface area contributed by atoms with Gasteiger partial charge in [0.2, 0.25) is 5.91 Å². The van der Waals surface area contributed by atoms with Gasteiger partial charge >= 0.3 is 0 Å². The number of aliphatic hydroxyl groups excluding tert-OH is 1. The summed E-state index contributed by atoms with van der Waals surface area (Å²) in [6.07, 6.45) is 0. The Morgan fingerprint density at radius 3 is 2.54 bits per heavy atom. The van der Waals surface area contributed by atoms with Crippen LogP contribution in [0.2, 0.25) is 0 Å². The average Bonchev–Trinajstić information content (AvgIpc) is 2.17. The van der Waals surface area contributed by atoms with Crippen molar-refractivity contribution in [3.8, 4) is 0 Å². The molecule has 1 aliphatic heterocycles. The zero-order valence-corrected chi connectivity index (χ0v) is 7.92. The second-order valence-corrected chi connectivity index (χ2v) is 3.53. The number of carbonyl (C=O) groups is 1. The smallest absolute Gasteiger partial charge is 0.240 e. The van der Waals surface area contributed by atoms with Crippen LogP contribution in [0.25, 0.3) is 0 Å². The lowest BCUT2D eigenvalue weighted by atomic mass is 9.99. The maximum Gasteiger partial charge on any atom is 0.240 e. The predicted molar refractivity (Wildman–Crippen MR) is 49.1 cm³/mol. The van der Waals surface area contributed by atoms with Crippen molar-refractivity contribution in [2.75, 3.05) is 32.8 Å². The number of nitrogens with zero attached hydrogens (tertiary/aromatic N) is 1. The SMILES string of the molecule is CC(CO)(C(N)=O)N1CCNCC1. The zero-order valence-electron chi connectivity index (χ0n) is 7.92. The highest BCUT2D eigenvalue weighted by Gasteiger charge is 2.37. The van der Waals surface area contributed by atoms with Gasteiger partial charge in [-0.2, -0.15) is 0 Å². The summed E-state index contributed by atoms with van der Waals surface area (Å²) in [5.74, 6) is -0.461. The molecule has 1 rings (SSSR count). The lowest BCUT2D eigenvalue weighted by Gasteiger charge is -2.39. The van der Waals surface area contributed by atoms with Gasteiger partial charge in [0.1, 0.15) is 5.54 Å². The van der Waals surface area contributed by atoms with Gasteiger partial charge in [-0.25, -0.2) is 0 Å². The quantitative estimate of drug-likeness (QED) is 0.483. The molecule has 1 saturated heterocycles. The highest BCUT2D eigenvalue weighted by atomic mass is 16.3. The molecule has 0 aliphatic carbocycles. The highest BCUT2D eigenvalue weighted by molar-refractivity contribution is 5.84. The van der Waals surface area contributed by atoms with Gasteiger partial charge in [0, 0.05) is 26.2 Å². The lowest BCUT2D eigenvalue weighted by molar-refractivity contribution is -0.132. The summed E-state index contributed by atoms with van der Waals surface area (Å²) < 4.78 is 0. The molecule has 1 aliphatic rings. The fourth-order valence-electron chi connectivity index (χ4n) is 1.49. The Morgan fingerprint density at radius 2 is 2.15 bits per heavy atom. The van der Waals surface area contributed by atoms with Crippen LogP contribution < -0.4 is 11.1 Å². The standard InChI is InChI=1S/C8H17N3O2/c1-8(6-12,7(9)13)11-4-2-10-3-5-11/h10,12H,2-6H2,1H3,(H2,9,13). The molecule has 1 unspecified atom stereocenters. The van der Waals surface area contributed by atoms with Crippen LogP contribution in [-0.2, 0) is 4.79 Å². The van der Waals surface area contributed by atoms with E-state index in [9.17, 15) is 4.79 Å². The van der Waals surface area contributed by atoms with Gasteiger partial charge in [-0.15, -0.1) is 0 Å². The molecule has 1 amide bonds. The topological polar surface area (TPSA) is 78.6 Å². The lowest BCUT2D eigenvalue weighted by Crippen LogP contribution is -2.62. The second kappa shape index (κ2) is 4.04. The van der Waals surface area contributed by atoms with Crippen LogP contribution in [0.4, 0.5) is 0 Å². The van der Waals surface area contributed by atoms with Gasteiger partial charge in [-0.1, -0.05) is 0 Å². The van der Waals surface area contributed by atoms with Crippen LogP contribution in [0.3, 0.4) is 0 Å². The molecule has 0 aromatic heterocycles. The van der Waals surface area contributed by atoms with Crippen molar-refractivity contribution in [3.05, 3.63) is 0 Å². The van der Waals surface area contributed by atoms with Crippen molar-refractivity contribution in [2.45, 2.75) is 12.5 Å². The van der Waals surface area contributed by atoms with E-state index in [1.165, 1.54) is 0 Å². The van der Waals surface area contributed by atoms with Crippen LogP contribution in [0.15, 0.2) is 0 Å². The molecule has 0 spiro atoms. The molecule has 0 bridgehead atoms. The first-order valence-corrected chi connectivity index (χ1v) is 4.48. The minimum absolute atomic E-state index is 0.220. The minimum atomic E-state index is -0.901. The highest BCUT2D eigenvalue weighted by Crippen LogP contribution is 2.14. The molecule has 5 heteroatoms. The molecule has 1 heterocycles. The number of primary amides is 1. The van der Waals surface area contributed by atoms with Crippen molar-refractivity contribution >= 4 is 5.91 Å². The molecule has 0 radical (unpaired) electrons. The van der Waals surface area contributed by atoms with Crippen molar-refractivity contribution < 1.29 is 9.90 Å². The van der Waals surface area contributed by atoms with Gasteiger partial charge in [0.05, 0.1) is 6.61 Å². The van der Waals surface area contributed by atoms with Crippen LogP contribution >= 0.6 is 0 Å². The van der Waals surface area contributed by atoms with E-state index < -0.39 is 11.4 Å². The number of hydrogen-bond acceptors (Lipinski definition) is 4. The Morgan fingerprint density at radius 1 is 1.62 bits per heavy atom. The monoisotopic (exact) mass is 187 g/mol. The zero-order chi connectivity index (χ0) is 9.90. The summed E-state index contributed by atoms with van der Waals surface area (Å²) in [5, 5.41) is 12.3. The first kappa shape index (κ1) is 10.4. The number of piperazine rings is 1. The molecule has 1 atom stereocenters. The number of nitrogens with one attached hydrogen (secondary N) is 1. The summed E-state index contributed by atoms with van der Waals surface area (Å²) in [7, 11) is 0. The number of hydrogen-bond donors (Lipinski definition) is 3. The van der Waals surface area contributed by atoms with Gasteiger partial charge in [-0.3, -0.25) is 9.69 Å². The molecule has 0 aromatic carbocycles. The Hall–Kier alpha value is -0.650. The Labute approximate surface area is 77.9 Å². The molecule has 0 aromatic rings. The van der Waals surface area contributed by atoms with E-state index in [2.05, 4.69) is 5.32 Å². The predicted octanol–water partition coefficient (Wildman–Crippen LogP) is -1.87. The average molecular weight is 187 g/mol. The molecular formula is C8H17N3O2. The van der Waals surface area contributed by atoms with Gasteiger partial charge in [0.15, 0.2) is 0 Å². The third-order valence-corrected chi connectivity index (χ3v) is 2.65. The summed E-state index contributed by atoms with van der Waals surface area (Å²) in [6, 6.07) is 0. The number of aliphatic hydroxyl groups is 1. The van der Waals surface area contributed by atoms with E-state index in [0.29, 0.717) is 0 Å². The molecule has 13 heavy (non-hydrogen) atoms. The first-order valence-electron chi connectivity index (χ1n) is 4.48. The van der Waals surface area contributed by atoms with Gasteiger partial charge in [0.25, 0.3) is 0 Å². The van der Waals surface area contributed by atoms with E-state index >= 15 is 0 Å². The number of carbonyl (C=O) groups excluding carboxylic acids is 1. The molecule has 1 fully saturated rings. The molecule has 4 N–H and O–H groups in total. The molecule has 76 valence electrons. The van der Waals surface area contributed by atoms with E-state index in [4.69, 9.17) is 10.8 Å². The van der Waals surface area contributed by atoms with E-state index in [0.717, 1.165) is 26.2 Å². The first-order chi connectivity index (χ1) is 6.11. The van der Waals surface area contributed by atoms with Crippen molar-refractivity contribution in [1.29, 1.82) is 0 Å². The maximum atomic E-state index is 11.2. The Kier molecular flexibility index (Phi) is 3.24. The normalized spacial score (nSPS) is 23.8. The van der Waals surface area contributed by atoms with Crippen molar-refractivity contribution in [3.63, 3.8) is 0 Å². The Balaban J connectivity index is 2.68. The maximum absolute atomic E-state index is 11.2. The number of rotatable bonds is 3. The molecule has 5 nitrogen and oxygen atoms in total. The summed E-state index contributed by atoms with van der Waals surface area (Å²) in [5.41, 5.74) is 4.35. The molecular weight excluding hydrogens is 170 g/mol. The Bertz CT molecular complexity index is 192. The fourth-order valence-corrected chi connectivity index (χ4v) is 1.49. The van der Waals surface area contributed by atoms with E-state index in [1.54, 1.807) is 6.92 Å². The summed E-state index contributed by atoms with van der Waals surface area (Å²) >= 11 is 0. The molecule has 0 saturated carbocycles. The number of amides is 1. The van der Waals surface area contributed by atoms with Gasteiger partial charge < -0.3 is 16.2 Å². The second-order valence-electron chi connectivity index (χ2n) is 3.53. The third kappa shape index (κ3) is 1.99. The van der Waals surface area contributed by atoms with Crippen LogP contribution in [0.1, 0.15) is 6.92 Å². The van der Waals surface area contributed by atoms with Gasteiger partial charge in [-0.05, 0) is 6.92 Å². The van der Waals surface area contributed by atoms with E-state index in [-0.39, 0.29) is 6.61 Å². The van der Waals surface area contributed by atoms with Crippen LogP contribution in [0.5, 0.6) is 0 Å². The largest absolute Gasteiger partial charge is 0.394 e. The minimum Gasteiger partial charge on any atom is -0.394 e. The third-order valence-electron chi connectivity index (χ3n) is 2.65. The summed E-state index contributed by atoms with van der Waals surface area (Å²) in [4.78, 5) is 13.1. The van der Waals surface area contributed by atoms with Crippen LogP contribution in [-0.4, -0.2) is 54.2 Å². The van der Waals surface area contributed by atoms with Crippen LogP contribution in [0, 0.1) is 0 Å². The number of nitrogens with two attached hydrogens (primary N) is 1.